The summed E-state index contributed by atoms with van der Waals surface area (Å²) < 4.78 is 11.3. The van der Waals surface area contributed by atoms with Crippen LogP contribution in [0.5, 0.6) is 5.75 Å². The lowest BCUT2D eigenvalue weighted by Crippen LogP contribution is -2.50. The van der Waals surface area contributed by atoms with Crippen LogP contribution in [-0.4, -0.2) is 65.8 Å². The average Bonchev–Trinajstić information content (AvgIpc) is 2.93. The molecule has 0 saturated carbocycles. The molecule has 0 radical (unpaired) electrons. The number of aromatic nitrogens is 1. The van der Waals surface area contributed by atoms with Gasteiger partial charge in [-0.3, -0.25) is 4.90 Å². The van der Waals surface area contributed by atoms with Crippen molar-refractivity contribution in [2.24, 2.45) is 0 Å². The Morgan fingerprint density at radius 3 is 2.58 bits per heavy atom. The zero-order valence-corrected chi connectivity index (χ0v) is 16.2. The second-order valence-corrected chi connectivity index (χ2v) is 7.86. The maximum Gasteiger partial charge on any atom is 0.410 e. The van der Waals surface area contributed by atoms with E-state index in [-0.39, 0.29) is 6.09 Å². The number of carbonyl (C=O) groups is 1. The number of aromatic amines is 1. The van der Waals surface area contributed by atoms with Crippen molar-refractivity contribution in [3.05, 3.63) is 30.0 Å². The molecule has 0 atom stereocenters. The molecular formula is C20H29N3O3. The molecule has 0 bridgehead atoms. The van der Waals surface area contributed by atoms with Crippen molar-refractivity contribution in [1.82, 2.24) is 14.8 Å². The van der Waals surface area contributed by atoms with Gasteiger partial charge >= 0.3 is 6.09 Å². The minimum absolute atomic E-state index is 0.219. The number of amides is 1. The van der Waals surface area contributed by atoms with Crippen molar-refractivity contribution >= 4 is 17.0 Å². The van der Waals surface area contributed by atoms with Crippen LogP contribution in [0.15, 0.2) is 24.3 Å². The standard InChI is InChI=1S/C20H29N3O3/c1-15-13-16-14-17(5-6-18(16)21-15)25-12-11-22-7-9-23(10-8-22)19(24)26-20(2,3)4/h5-6,13-14,21H,7-12H2,1-4H3. The fraction of sp³-hybridized carbons (Fsp3) is 0.550. The van der Waals surface area contributed by atoms with Gasteiger partial charge in [-0.1, -0.05) is 0 Å². The molecule has 1 aromatic carbocycles. The van der Waals surface area contributed by atoms with Gasteiger partial charge in [0.25, 0.3) is 0 Å². The van der Waals surface area contributed by atoms with Crippen LogP contribution in [0.2, 0.25) is 0 Å². The normalized spacial score (nSPS) is 16.1. The number of fused-ring (bicyclic) bond motifs is 1. The first kappa shape index (κ1) is 18.6. The summed E-state index contributed by atoms with van der Waals surface area (Å²) in [6.45, 7) is 12.3. The van der Waals surface area contributed by atoms with Crippen LogP contribution >= 0.6 is 0 Å². The molecule has 0 spiro atoms. The number of H-pyrrole nitrogens is 1. The van der Waals surface area contributed by atoms with Crippen LogP contribution in [0.3, 0.4) is 0 Å². The lowest BCUT2D eigenvalue weighted by Gasteiger charge is -2.35. The predicted octanol–water partition coefficient (Wildman–Crippen LogP) is 3.41. The molecule has 1 amide bonds. The average molecular weight is 359 g/mol. The molecule has 0 aliphatic carbocycles. The van der Waals surface area contributed by atoms with Crippen molar-refractivity contribution in [2.75, 3.05) is 39.3 Å². The first-order valence-electron chi connectivity index (χ1n) is 9.23. The molecule has 2 heterocycles. The first-order chi connectivity index (χ1) is 12.3. The Bertz CT molecular complexity index is 755. The number of carbonyl (C=O) groups excluding carboxylic acids is 1. The second kappa shape index (κ2) is 7.58. The largest absolute Gasteiger partial charge is 0.492 e. The van der Waals surface area contributed by atoms with Gasteiger partial charge in [0.2, 0.25) is 0 Å². The van der Waals surface area contributed by atoms with Gasteiger partial charge in [0.15, 0.2) is 0 Å². The molecule has 0 unspecified atom stereocenters. The van der Waals surface area contributed by atoms with E-state index in [1.54, 1.807) is 4.90 Å². The Morgan fingerprint density at radius 1 is 1.15 bits per heavy atom. The van der Waals surface area contributed by atoms with E-state index in [2.05, 4.69) is 35.0 Å². The van der Waals surface area contributed by atoms with Gasteiger partial charge < -0.3 is 19.4 Å². The summed E-state index contributed by atoms with van der Waals surface area (Å²) in [4.78, 5) is 19.5. The molecular weight excluding hydrogens is 330 g/mol. The number of hydrogen-bond acceptors (Lipinski definition) is 4. The molecule has 26 heavy (non-hydrogen) atoms. The lowest BCUT2D eigenvalue weighted by molar-refractivity contribution is 0.0137. The number of piperazine rings is 1. The molecule has 2 aromatic rings. The third kappa shape index (κ3) is 4.91. The summed E-state index contributed by atoms with van der Waals surface area (Å²) >= 11 is 0. The Morgan fingerprint density at radius 2 is 1.88 bits per heavy atom. The van der Waals surface area contributed by atoms with Crippen LogP contribution in [0.1, 0.15) is 26.5 Å². The molecule has 142 valence electrons. The highest BCUT2D eigenvalue weighted by Crippen LogP contribution is 2.21. The number of ether oxygens (including phenoxy) is 2. The Kier molecular flexibility index (Phi) is 5.41. The van der Waals surface area contributed by atoms with Crippen molar-refractivity contribution in [3.63, 3.8) is 0 Å². The summed E-state index contributed by atoms with van der Waals surface area (Å²) in [5.74, 6) is 0.892. The molecule has 1 N–H and O–H groups in total. The lowest BCUT2D eigenvalue weighted by atomic mass is 10.2. The summed E-state index contributed by atoms with van der Waals surface area (Å²) in [7, 11) is 0. The third-order valence-electron chi connectivity index (χ3n) is 4.43. The summed E-state index contributed by atoms with van der Waals surface area (Å²) in [5, 5.41) is 1.17. The minimum atomic E-state index is -0.443. The molecule has 1 saturated heterocycles. The fourth-order valence-electron chi connectivity index (χ4n) is 3.12. The van der Waals surface area contributed by atoms with Crippen molar-refractivity contribution < 1.29 is 14.3 Å². The van der Waals surface area contributed by atoms with E-state index in [4.69, 9.17) is 9.47 Å². The molecule has 6 nitrogen and oxygen atoms in total. The van der Waals surface area contributed by atoms with Crippen LogP contribution in [-0.2, 0) is 4.74 Å². The molecule has 1 fully saturated rings. The monoisotopic (exact) mass is 359 g/mol. The number of nitrogens with one attached hydrogen (secondary N) is 1. The number of hydrogen-bond donors (Lipinski definition) is 1. The van der Waals surface area contributed by atoms with Gasteiger partial charge in [0, 0.05) is 49.3 Å². The maximum absolute atomic E-state index is 12.1. The third-order valence-corrected chi connectivity index (χ3v) is 4.43. The highest BCUT2D eigenvalue weighted by atomic mass is 16.6. The van der Waals surface area contributed by atoms with E-state index in [0.29, 0.717) is 19.7 Å². The summed E-state index contributed by atoms with van der Waals surface area (Å²) in [5.41, 5.74) is 1.84. The molecule has 1 aliphatic heterocycles. The Balaban J connectivity index is 1.41. The van der Waals surface area contributed by atoms with E-state index < -0.39 is 5.60 Å². The van der Waals surface area contributed by atoms with Crippen molar-refractivity contribution in [2.45, 2.75) is 33.3 Å². The van der Waals surface area contributed by atoms with Gasteiger partial charge in [-0.2, -0.15) is 0 Å². The van der Waals surface area contributed by atoms with E-state index in [1.807, 2.05) is 26.8 Å². The predicted molar refractivity (Wildman–Crippen MR) is 103 cm³/mol. The zero-order valence-electron chi connectivity index (χ0n) is 16.2. The SMILES string of the molecule is Cc1cc2cc(OCCN3CCN(C(=O)OC(C)(C)C)CC3)ccc2[nH]1. The van der Waals surface area contributed by atoms with Gasteiger partial charge in [0.05, 0.1) is 0 Å². The van der Waals surface area contributed by atoms with E-state index >= 15 is 0 Å². The van der Waals surface area contributed by atoms with E-state index in [1.165, 1.54) is 5.39 Å². The topological polar surface area (TPSA) is 57.8 Å². The minimum Gasteiger partial charge on any atom is -0.492 e. The van der Waals surface area contributed by atoms with E-state index in [9.17, 15) is 4.79 Å². The van der Waals surface area contributed by atoms with Crippen LogP contribution in [0, 0.1) is 6.92 Å². The molecule has 1 aliphatic rings. The second-order valence-electron chi connectivity index (χ2n) is 7.86. The first-order valence-corrected chi connectivity index (χ1v) is 9.23. The maximum atomic E-state index is 12.1. The van der Waals surface area contributed by atoms with Gasteiger partial charge in [-0.15, -0.1) is 0 Å². The highest BCUT2D eigenvalue weighted by Gasteiger charge is 2.25. The van der Waals surface area contributed by atoms with Gasteiger partial charge in [-0.05, 0) is 52.0 Å². The number of rotatable bonds is 4. The molecule has 1 aromatic heterocycles. The van der Waals surface area contributed by atoms with E-state index in [0.717, 1.165) is 36.6 Å². The van der Waals surface area contributed by atoms with Crippen LogP contribution in [0.25, 0.3) is 10.9 Å². The summed E-state index contributed by atoms with van der Waals surface area (Å²) in [6, 6.07) is 8.24. The number of benzene rings is 1. The Labute approximate surface area is 155 Å². The van der Waals surface area contributed by atoms with Gasteiger partial charge in [0.1, 0.15) is 18.0 Å². The fourth-order valence-corrected chi connectivity index (χ4v) is 3.12. The van der Waals surface area contributed by atoms with Crippen LogP contribution < -0.4 is 4.74 Å². The van der Waals surface area contributed by atoms with Crippen molar-refractivity contribution in [1.29, 1.82) is 0 Å². The van der Waals surface area contributed by atoms with Crippen LogP contribution in [0.4, 0.5) is 4.79 Å². The number of nitrogens with zero attached hydrogens (tertiary/aromatic N) is 2. The van der Waals surface area contributed by atoms with Crippen molar-refractivity contribution in [3.8, 4) is 5.75 Å². The molecule has 3 rings (SSSR count). The quantitative estimate of drug-likeness (QED) is 0.909. The summed E-state index contributed by atoms with van der Waals surface area (Å²) in [6.07, 6.45) is -0.219. The smallest absolute Gasteiger partial charge is 0.410 e. The zero-order chi connectivity index (χ0) is 18.7. The highest BCUT2D eigenvalue weighted by molar-refractivity contribution is 5.81. The molecule has 6 heteroatoms. The number of aryl methyl sites for hydroxylation is 1. The van der Waals surface area contributed by atoms with Gasteiger partial charge in [-0.25, -0.2) is 4.79 Å². The Hall–Kier alpha value is -2.21.